The molecule has 0 bridgehead atoms. The molecule has 2 rings (SSSR count). The van der Waals surface area contributed by atoms with Gasteiger partial charge in [0.2, 0.25) is 0 Å². The van der Waals surface area contributed by atoms with Crippen LogP contribution in [-0.2, 0) is 0 Å². The second kappa shape index (κ2) is 8.73. The Morgan fingerprint density at radius 1 is 1.35 bits per heavy atom. The fourth-order valence-corrected chi connectivity index (χ4v) is 3.28. The number of aliphatic hydroxyl groups excluding tert-OH is 1. The van der Waals surface area contributed by atoms with Crippen molar-refractivity contribution in [2.24, 2.45) is 10.9 Å². The van der Waals surface area contributed by atoms with Crippen molar-refractivity contribution in [1.82, 2.24) is 15.5 Å². The van der Waals surface area contributed by atoms with E-state index in [0.29, 0.717) is 34.0 Å². The van der Waals surface area contributed by atoms with E-state index in [2.05, 4.69) is 27.6 Å². The molecule has 0 radical (unpaired) electrons. The molecule has 0 amide bonds. The van der Waals surface area contributed by atoms with Crippen LogP contribution >= 0.6 is 23.2 Å². The Morgan fingerprint density at radius 3 is 2.61 bits per heavy atom. The van der Waals surface area contributed by atoms with E-state index in [0.717, 1.165) is 19.6 Å². The molecule has 1 fully saturated rings. The van der Waals surface area contributed by atoms with Crippen LogP contribution in [0.4, 0.5) is 0 Å². The maximum Gasteiger partial charge on any atom is 0.191 e. The zero-order valence-corrected chi connectivity index (χ0v) is 15.0. The fourth-order valence-electron chi connectivity index (χ4n) is 2.73. The van der Waals surface area contributed by atoms with Gasteiger partial charge in [0.25, 0.3) is 0 Å². The van der Waals surface area contributed by atoms with E-state index in [9.17, 15) is 5.11 Å². The van der Waals surface area contributed by atoms with Crippen molar-refractivity contribution in [3.63, 3.8) is 0 Å². The van der Waals surface area contributed by atoms with Crippen LogP contribution in [0.1, 0.15) is 18.1 Å². The summed E-state index contributed by atoms with van der Waals surface area (Å²) in [6.07, 6.45) is 0.492. The molecular weight excluding hydrogens is 335 g/mol. The number of likely N-dealkylation sites (tertiary alicyclic amines) is 1. The molecule has 1 aromatic rings. The number of halogens is 2. The van der Waals surface area contributed by atoms with Crippen LogP contribution in [0.15, 0.2) is 23.2 Å². The van der Waals surface area contributed by atoms with Crippen LogP contribution in [0.3, 0.4) is 0 Å². The summed E-state index contributed by atoms with van der Waals surface area (Å²) in [6.45, 7) is 3.46. The molecule has 2 unspecified atom stereocenters. The van der Waals surface area contributed by atoms with Gasteiger partial charge in [-0.3, -0.25) is 4.99 Å². The molecule has 2 atom stereocenters. The molecule has 0 saturated carbocycles. The van der Waals surface area contributed by atoms with Crippen molar-refractivity contribution in [2.75, 3.05) is 40.3 Å². The molecule has 128 valence electrons. The molecule has 1 saturated heterocycles. The van der Waals surface area contributed by atoms with Crippen LogP contribution in [0, 0.1) is 5.92 Å². The maximum atomic E-state index is 10.3. The predicted molar refractivity (Wildman–Crippen MR) is 96.4 cm³/mol. The summed E-state index contributed by atoms with van der Waals surface area (Å²) in [5.41, 5.74) is 0.683. The van der Waals surface area contributed by atoms with Crippen molar-refractivity contribution >= 4 is 29.2 Å². The number of hydrogen-bond donors (Lipinski definition) is 3. The molecule has 23 heavy (non-hydrogen) atoms. The van der Waals surface area contributed by atoms with Crippen LogP contribution in [-0.4, -0.2) is 56.2 Å². The van der Waals surface area contributed by atoms with Crippen molar-refractivity contribution < 1.29 is 5.11 Å². The fraction of sp³-hybridized carbons (Fsp3) is 0.562. The standard InChI is InChI=1S/C16H24Cl2N4O/c1-19-16(20-8-11-3-4-22(2)10-11)21-9-15(23)12-5-13(17)7-14(18)6-12/h5-7,11,15,23H,3-4,8-10H2,1-2H3,(H2,19,20,21). The third kappa shape index (κ3) is 5.84. The lowest BCUT2D eigenvalue weighted by molar-refractivity contribution is 0.181. The van der Waals surface area contributed by atoms with Crippen molar-refractivity contribution in [1.29, 1.82) is 0 Å². The summed E-state index contributed by atoms with van der Waals surface area (Å²) in [5.74, 6) is 1.32. The van der Waals surface area contributed by atoms with Crippen molar-refractivity contribution in [3.05, 3.63) is 33.8 Å². The van der Waals surface area contributed by atoms with E-state index < -0.39 is 6.10 Å². The van der Waals surface area contributed by atoms with Crippen LogP contribution in [0.25, 0.3) is 0 Å². The van der Waals surface area contributed by atoms with Crippen LogP contribution in [0.2, 0.25) is 10.0 Å². The number of hydrogen-bond acceptors (Lipinski definition) is 3. The molecule has 7 heteroatoms. The highest BCUT2D eigenvalue weighted by Gasteiger charge is 2.19. The normalized spacial score (nSPS) is 20.6. The van der Waals surface area contributed by atoms with Gasteiger partial charge in [-0.25, -0.2) is 0 Å². The molecule has 0 spiro atoms. The van der Waals surface area contributed by atoms with Gasteiger partial charge in [0.15, 0.2) is 5.96 Å². The minimum absolute atomic E-state index is 0.334. The minimum atomic E-state index is -0.706. The van der Waals surface area contributed by atoms with Gasteiger partial charge >= 0.3 is 0 Å². The Balaban J connectivity index is 1.80. The van der Waals surface area contributed by atoms with Gasteiger partial charge in [-0.1, -0.05) is 23.2 Å². The first kappa shape index (κ1) is 18.3. The molecule has 1 aliphatic rings. The Hall–Kier alpha value is -1.01. The first-order valence-electron chi connectivity index (χ1n) is 7.75. The first-order valence-corrected chi connectivity index (χ1v) is 8.50. The highest BCUT2D eigenvalue weighted by Crippen LogP contribution is 2.23. The Morgan fingerprint density at radius 2 is 2.04 bits per heavy atom. The number of nitrogens with one attached hydrogen (secondary N) is 2. The summed E-state index contributed by atoms with van der Waals surface area (Å²) in [6, 6.07) is 5.07. The number of guanidine groups is 1. The van der Waals surface area contributed by atoms with E-state index in [4.69, 9.17) is 23.2 Å². The largest absolute Gasteiger partial charge is 0.387 e. The smallest absolute Gasteiger partial charge is 0.191 e. The predicted octanol–water partition coefficient (Wildman–Crippen LogP) is 2.14. The summed E-state index contributed by atoms with van der Waals surface area (Å²) in [5, 5.41) is 17.7. The lowest BCUT2D eigenvalue weighted by Crippen LogP contribution is -2.41. The van der Waals surface area contributed by atoms with Gasteiger partial charge in [-0.15, -0.1) is 0 Å². The zero-order valence-electron chi connectivity index (χ0n) is 13.5. The van der Waals surface area contributed by atoms with E-state index in [1.165, 1.54) is 6.42 Å². The highest BCUT2D eigenvalue weighted by atomic mass is 35.5. The molecular formula is C16H24Cl2N4O. The van der Waals surface area contributed by atoms with Gasteiger partial charge in [0.05, 0.1) is 6.10 Å². The number of nitrogens with zero attached hydrogens (tertiary/aromatic N) is 2. The molecule has 1 heterocycles. The second-order valence-electron chi connectivity index (χ2n) is 5.97. The van der Waals surface area contributed by atoms with Gasteiger partial charge in [-0.05, 0) is 49.7 Å². The lowest BCUT2D eigenvalue weighted by Gasteiger charge is -2.18. The molecule has 0 aliphatic carbocycles. The second-order valence-corrected chi connectivity index (χ2v) is 6.84. The third-order valence-corrected chi connectivity index (χ3v) is 4.44. The molecule has 0 aromatic heterocycles. The van der Waals surface area contributed by atoms with E-state index in [1.54, 1.807) is 25.2 Å². The molecule has 1 aromatic carbocycles. The summed E-state index contributed by atoms with van der Waals surface area (Å²) >= 11 is 11.9. The summed E-state index contributed by atoms with van der Waals surface area (Å²) in [7, 11) is 3.86. The van der Waals surface area contributed by atoms with E-state index in [1.807, 2.05) is 0 Å². The van der Waals surface area contributed by atoms with E-state index >= 15 is 0 Å². The zero-order chi connectivity index (χ0) is 16.8. The number of rotatable bonds is 5. The topological polar surface area (TPSA) is 59.9 Å². The third-order valence-electron chi connectivity index (χ3n) is 4.00. The maximum absolute atomic E-state index is 10.3. The van der Waals surface area contributed by atoms with Gasteiger partial charge in [0.1, 0.15) is 0 Å². The average molecular weight is 359 g/mol. The molecule has 3 N–H and O–H groups in total. The van der Waals surface area contributed by atoms with Gasteiger partial charge < -0.3 is 20.6 Å². The SMILES string of the molecule is CN=C(NCC1CCN(C)C1)NCC(O)c1cc(Cl)cc(Cl)c1. The number of aliphatic imine (C=N–C) groups is 1. The molecule has 1 aliphatic heterocycles. The van der Waals surface area contributed by atoms with Crippen molar-refractivity contribution in [2.45, 2.75) is 12.5 Å². The lowest BCUT2D eigenvalue weighted by atomic mass is 10.1. The summed E-state index contributed by atoms with van der Waals surface area (Å²) in [4.78, 5) is 6.51. The quantitative estimate of drug-likeness (QED) is 0.557. The van der Waals surface area contributed by atoms with Crippen LogP contribution < -0.4 is 10.6 Å². The molecule has 5 nitrogen and oxygen atoms in total. The average Bonchev–Trinajstić information content (AvgIpc) is 2.91. The van der Waals surface area contributed by atoms with Gasteiger partial charge in [0, 0.05) is 36.7 Å². The first-order chi connectivity index (χ1) is 11.0. The summed E-state index contributed by atoms with van der Waals surface area (Å²) < 4.78 is 0. The van der Waals surface area contributed by atoms with Crippen LogP contribution in [0.5, 0.6) is 0 Å². The highest BCUT2D eigenvalue weighted by molar-refractivity contribution is 6.34. The Kier molecular flexibility index (Phi) is 6.96. The number of aliphatic hydroxyl groups is 1. The minimum Gasteiger partial charge on any atom is -0.387 e. The Labute approximate surface area is 147 Å². The van der Waals surface area contributed by atoms with Gasteiger partial charge in [-0.2, -0.15) is 0 Å². The monoisotopic (exact) mass is 358 g/mol. The van der Waals surface area contributed by atoms with E-state index in [-0.39, 0.29) is 0 Å². The van der Waals surface area contributed by atoms with Crippen molar-refractivity contribution in [3.8, 4) is 0 Å². The number of benzene rings is 1. The Bertz CT molecular complexity index is 533.